The first kappa shape index (κ1) is 22.8. The van der Waals surface area contributed by atoms with Crippen molar-refractivity contribution >= 4 is 18.0 Å². The second-order valence-electron chi connectivity index (χ2n) is 9.21. The van der Waals surface area contributed by atoms with Gasteiger partial charge in [0.25, 0.3) is 5.91 Å². The summed E-state index contributed by atoms with van der Waals surface area (Å²) in [5.41, 5.74) is 5.73. The minimum Gasteiger partial charge on any atom is -0.479 e. The molecule has 3 N–H and O–H groups in total. The Morgan fingerprint density at radius 1 is 1.03 bits per heavy atom. The first-order chi connectivity index (χ1) is 15.8. The van der Waals surface area contributed by atoms with E-state index in [9.17, 15) is 19.5 Å². The standard InChI is InChI=1S/C25H28N2O6/c1-25(2,23(30)27-33-21(22(28)29)15-11-12-15)14-26-24(31)32-13-20-18-9-5-3-7-16(18)17-8-4-6-10-19(17)20/h3-10,15,20-21H,11-14H2,1-2H3,(H,26,31)(H,27,30)(H,28,29). The Morgan fingerprint density at radius 2 is 1.61 bits per heavy atom. The molecule has 0 radical (unpaired) electrons. The van der Waals surface area contributed by atoms with Crippen LogP contribution in [0, 0.1) is 11.3 Å². The van der Waals surface area contributed by atoms with Gasteiger partial charge in [-0.15, -0.1) is 0 Å². The number of carboxylic acids is 1. The summed E-state index contributed by atoms with van der Waals surface area (Å²) in [4.78, 5) is 41.2. The number of alkyl carbamates (subject to hydrolysis) is 1. The van der Waals surface area contributed by atoms with Crippen LogP contribution < -0.4 is 10.8 Å². The maximum Gasteiger partial charge on any atom is 0.407 e. The monoisotopic (exact) mass is 452 g/mol. The Kier molecular flexibility index (Phi) is 6.37. The van der Waals surface area contributed by atoms with Gasteiger partial charge in [-0.1, -0.05) is 48.5 Å². The number of aliphatic carboxylic acids is 1. The maximum atomic E-state index is 12.5. The highest BCUT2D eigenvalue weighted by atomic mass is 16.7. The fourth-order valence-electron chi connectivity index (χ4n) is 4.03. The SMILES string of the molecule is CC(C)(CNC(=O)OCC1c2ccccc2-c2ccccc21)C(=O)NOC(C(=O)O)C1CC1. The lowest BCUT2D eigenvalue weighted by Gasteiger charge is -2.24. The molecule has 8 nitrogen and oxygen atoms in total. The van der Waals surface area contributed by atoms with E-state index in [-0.39, 0.29) is 25.0 Å². The summed E-state index contributed by atoms with van der Waals surface area (Å²) in [7, 11) is 0. The van der Waals surface area contributed by atoms with Crippen LogP contribution in [0.3, 0.4) is 0 Å². The van der Waals surface area contributed by atoms with Gasteiger partial charge in [-0.3, -0.25) is 9.63 Å². The highest BCUT2D eigenvalue weighted by Gasteiger charge is 2.39. The molecule has 2 aliphatic rings. The molecule has 1 atom stereocenters. The van der Waals surface area contributed by atoms with Gasteiger partial charge in [0.1, 0.15) is 6.61 Å². The Labute approximate surface area is 192 Å². The fraction of sp³-hybridized carbons (Fsp3) is 0.400. The molecule has 0 heterocycles. The number of benzene rings is 2. The van der Waals surface area contributed by atoms with Gasteiger partial charge in [-0.05, 0) is 54.9 Å². The first-order valence-corrected chi connectivity index (χ1v) is 11.1. The molecule has 1 unspecified atom stereocenters. The van der Waals surface area contributed by atoms with Gasteiger partial charge < -0.3 is 15.2 Å². The molecule has 0 aromatic heterocycles. The van der Waals surface area contributed by atoms with Crippen LogP contribution in [0.5, 0.6) is 0 Å². The molecule has 4 rings (SSSR count). The minimum atomic E-state index is -1.10. The molecule has 0 saturated heterocycles. The molecule has 1 fully saturated rings. The van der Waals surface area contributed by atoms with Crippen molar-refractivity contribution in [2.45, 2.75) is 38.7 Å². The van der Waals surface area contributed by atoms with Gasteiger partial charge in [0.05, 0.1) is 5.41 Å². The van der Waals surface area contributed by atoms with Crippen LogP contribution in [-0.2, 0) is 19.2 Å². The summed E-state index contributed by atoms with van der Waals surface area (Å²) in [6, 6.07) is 16.1. The third kappa shape index (κ3) is 5.01. The van der Waals surface area contributed by atoms with E-state index in [1.54, 1.807) is 13.8 Å². The number of rotatable bonds is 9. The zero-order valence-electron chi connectivity index (χ0n) is 18.7. The van der Waals surface area contributed by atoms with Crippen molar-refractivity contribution in [1.29, 1.82) is 0 Å². The summed E-state index contributed by atoms with van der Waals surface area (Å²) < 4.78 is 5.49. The Bertz CT molecular complexity index is 1020. The number of carbonyl (C=O) groups is 3. The van der Waals surface area contributed by atoms with Crippen LogP contribution in [0.4, 0.5) is 4.79 Å². The molecule has 33 heavy (non-hydrogen) atoms. The average molecular weight is 453 g/mol. The molecule has 0 aliphatic heterocycles. The molecule has 2 aliphatic carbocycles. The summed E-state index contributed by atoms with van der Waals surface area (Å²) in [5, 5.41) is 11.8. The number of hydroxylamine groups is 1. The molecule has 0 spiro atoms. The van der Waals surface area contributed by atoms with Crippen molar-refractivity contribution in [3.05, 3.63) is 59.7 Å². The summed E-state index contributed by atoms with van der Waals surface area (Å²) in [5.74, 6) is -1.76. The highest BCUT2D eigenvalue weighted by Crippen LogP contribution is 2.44. The third-order valence-corrected chi connectivity index (χ3v) is 6.21. The van der Waals surface area contributed by atoms with Crippen molar-refractivity contribution in [2.75, 3.05) is 13.2 Å². The predicted octanol–water partition coefficient (Wildman–Crippen LogP) is 3.46. The fourth-order valence-corrected chi connectivity index (χ4v) is 4.03. The number of nitrogens with one attached hydrogen (secondary N) is 2. The van der Waals surface area contributed by atoms with Crippen LogP contribution in [-0.4, -0.2) is 42.3 Å². The third-order valence-electron chi connectivity index (χ3n) is 6.21. The summed E-state index contributed by atoms with van der Waals surface area (Å²) in [6.45, 7) is 3.43. The Morgan fingerprint density at radius 3 is 2.15 bits per heavy atom. The van der Waals surface area contributed by atoms with Crippen molar-refractivity contribution < 1.29 is 29.1 Å². The number of amides is 2. The second kappa shape index (κ2) is 9.23. The minimum absolute atomic E-state index is 0.0000337. The lowest BCUT2D eigenvalue weighted by Crippen LogP contribution is -2.47. The average Bonchev–Trinajstić information content (AvgIpc) is 3.58. The van der Waals surface area contributed by atoms with Gasteiger partial charge >= 0.3 is 12.1 Å². The largest absolute Gasteiger partial charge is 0.479 e. The number of carboxylic acid groups (broad SMARTS) is 1. The number of hydrogen-bond acceptors (Lipinski definition) is 5. The molecule has 0 bridgehead atoms. The molecule has 2 amide bonds. The summed E-state index contributed by atoms with van der Waals surface area (Å²) >= 11 is 0. The lowest BCUT2D eigenvalue weighted by atomic mass is 9.93. The normalized spacial score (nSPS) is 15.8. The Balaban J connectivity index is 1.28. The van der Waals surface area contributed by atoms with Crippen molar-refractivity contribution in [3.63, 3.8) is 0 Å². The number of fused-ring (bicyclic) bond motifs is 3. The van der Waals surface area contributed by atoms with Gasteiger partial charge in [-0.25, -0.2) is 15.1 Å². The zero-order chi connectivity index (χ0) is 23.6. The van der Waals surface area contributed by atoms with Crippen molar-refractivity contribution in [1.82, 2.24) is 10.8 Å². The molecule has 1 saturated carbocycles. The van der Waals surface area contributed by atoms with E-state index in [4.69, 9.17) is 9.57 Å². The van der Waals surface area contributed by atoms with Gasteiger partial charge in [0.2, 0.25) is 0 Å². The number of carbonyl (C=O) groups excluding carboxylic acids is 2. The second-order valence-corrected chi connectivity index (χ2v) is 9.21. The highest BCUT2D eigenvalue weighted by molar-refractivity contribution is 5.82. The van der Waals surface area contributed by atoms with E-state index in [0.29, 0.717) is 0 Å². The molecule has 8 heteroatoms. The number of ether oxygens (including phenoxy) is 1. The van der Waals surface area contributed by atoms with Crippen LogP contribution in [0.15, 0.2) is 48.5 Å². The maximum absolute atomic E-state index is 12.5. The summed E-state index contributed by atoms with van der Waals surface area (Å²) in [6.07, 6.45) is -0.154. The molecular formula is C25H28N2O6. The predicted molar refractivity (Wildman–Crippen MR) is 120 cm³/mol. The number of hydrogen-bond donors (Lipinski definition) is 3. The van der Waals surface area contributed by atoms with E-state index in [2.05, 4.69) is 22.9 Å². The first-order valence-electron chi connectivity index (χ1n) is 11.1. The van der Waals surface area contributed by atoms with E-state index in [1.165, 1.54) is 0 Å². The smallest absolute Gasteiger partial charge is 0.407 e. The zero-order valence-corrected chi connectivity index (χ0v) is 18.7. The lowest BCUT2D eigenvalue weighted by molar-refractivity contribution is -0.165. The van der Waals surface area contributed by atoms with E-state index in [1.807, 2.05) is 36.4 Å². The van der Waals surface area contributed by atoms with E-state index >= 15 is 0 Å². The van der Waals surface area contributed by atoms with Crippen LogP contribution in [0.25, 0.3) is 11.1 Å². The van der Waals surface area contributed by atoms with E-state index in [0.717, 1.165) is 35.1 Å². The quantitative estimate of drug-likeness (QED) is 0.502. The van der Waals surface area contributed by atoms with E-state index < -0.39 is 29.5 Å². The van der Waals surface area contributed by atoms with Crippen molar-refractivity contribution in [2.24, 2.45) is 11.3 Å². The molecular weight excluding hydrogens is 424 g/mol. The van der Waals surface area contributed by atoms with Crippen LogP contribution >= 0.6 is 0 Å². The molecule has 2 aromatic carbocycles. The Hall–Kier alpha value is -3.39. The van der Waals surface area contributed by atoms with Gasteiger partial charge in [0.15, 0.2) is 6.10 Å². The molecule has 174 valence electrons. The topological polar surface area (TPSA) is 114 Å². The van der Waals surface area contributed by atoms with Crippen LogP contribution in [0.1, 0.15) is 43.7 Å². The molecule has 2 aromatic rings. The van der Waals surface area contributed by atoms with Gasteiger partial charge in [-0.2, -0.15) is 0 Å². The van der Waals surface area contributed by atoms with Crippen LogP contribution in [0.2, 0.25) is 0 Å². The van der Waals surface area contributed by atoms with Gasteiger partial charge in [0, 0.05) is 12.5 Å². The van der Waals surface area contributed by atoms with Crippen molar-refractivity contribution in [3.8, 4) is 11.1 Å².